The van der Waals surface area contributed by atoms with Gasteiger partial charge in [-0.2, -0.15) is 0 Å². The van der Waals surface area contributed by atoms with Crippen LogP contribution in [0.1, 0.15) is 54.9 Å². The average Bonchev–Trinajstić information content (AvgIpc) is 3.20. The van der Waals surface area contributed by atoms with Crippen molar-refractivity contribution in [3.8, 4) is 5.75 Å². The number of amides is 3. The molecule has 3 aromatic rings. The van der Waals surface area contributed by atoms with Crippen LogP contribution in [0, 0.1) is 0 Å². The first-order valence-electron chi connectivity index (χ1n) is 13.0. The number of carbonyl (C=O) groups excluding carboxylic acids is 3. The number of benzene rings is 3. The van der Waals surface area contributed by atoms with Crippen LogP contribution in [0.4, 0.5) is 5.69 Å². The molecule has 7 nitrogen and oxygen atoms in total. The van der Waals surface area contributed by atoms with Crippen molar-refractivity contribution < 1.29 is 19.1 Å². The van der Waals surface area contributed by atoms with E-state index in [0.29, 0.717) is 11.3 Å². The molecular weight excluding hydrogens is 466 g/mol. The molecule has 3 aromatic carbocycles. The summed E-state index contributed by atoms with van der Waals surface area (Å²) in [4.78, 5) is 43.5. The quantitative estimate of drug-likeness (QED) is 0.488. The van der Waals surface area contributed by atoms with E-state index in [-0.39, 0.29) is 36.9 Å². The molecule has 2 aliphatic rings. The van der Waals surface area contributed by atoms with Crippen LogP contribution >= 0.6 is 0 Å². The first kappa shape index (κ1) is 24.8. The Balaban J connectivity index is 1.40. The van der Waals surface area contributed by atoms with E-state index in [1.54, 1.807) is 25.0 Å². The van der Waals surface area contributed by atoms with Gasteiger partial charge in [0, 0.05) is 23.5 Å². The fourth-order valence-electron chi connectivity index (χ4n) is 5.48. The molecule has 7 heteroatoms. The molecule has 192 valence electrons. The molecule has 1 aliphatic heterocycles. The molecule has 0 aromatic heterocycles. The Labute approximate surface area is 217 Å². The maximum Gasteiger partial charge on any atom is 0.259 e. The van der Waals surface area contributed by atoms with Crippen molar-refractivity contribution in [3.05, 3.63) is 71.8 Å². The minimum absolute atomic E-state index is 0.141. The lowest BCUT2D eigenvalue weighted by molar-refractivity contribution is -0.139. The standard InChI is InChI=1S/C30H33N3O4/c1-20(29(35)31-23-12-4-3-5-13-23)32(18-21-9-6-14-24(17-21)37-2)27(34)19-33-26-16-8-11-22-10-7-15-25(28(22)26)30(33)36/h6-11,14-17,20,23H,3-5,12-13,18-19H2,1-2H3,(H,31,35)/t20-/m1/s1. The second-order valence-corrected chi connectivity index (χ2v) is 9.96. The molecule has 0 spiro atoms. The van der Waals surface area contributed by atoms with Gasteiger partial charge in [-0.15, -0.1) is 0 Å². The Morgan fingerprint density at radius 1 is 1.05 bits per heavy atom. The summed E-state index contributed by atoms with van der Waals surface area (Å²) in [7, 11) is 1.60. The lowest BCUT2D eigenvalue weighted by atomic mass is 9.95. The van der Waals surface area contributed by atoms with Crippen molar-refractivity contribution in [1.29, 1.82) is 0 Å². The Morgan fingerprint density at radius 2 is 1.78 bits per heavy atom. The van der Waals surface area contributed by atoms with Gasteiger partial charge in [0.05, 0.1) is 12.8 Å². The topological polar surface area (TPSA) is 79.0 Å². The number of methoxy groups -OCH3 is 1. The SMILES string of the molecule is COc1cccc(CN(C(=O)CN2C(=O)c3cccc4cccc2c34)[C@H](C)C(=O)NC2CCCCC2)c1. The second kappa shape index (κ2) is 10.6. The van der Waals surface area contributed by atoms with Gasteiger partial charge in [-0.25, -0.2) is 0 Å². The van der Waals surface area contributed by atoms with Gasteiger partial charge in [0.1, 0.15) is 18.3 Å². The molecule has 0 unspecified atom stereocenters. The molecule has 1 aliphatic carbocycles. The van der Waals surface area contributed by atoms with Gasteiger partial charge in [0.25, 0.3) is 5.91 Å². The predicted octanol–water partition coefficient (Wildman–Crippen LogP) is 4.67. The van der Waals surface area contributed by atoms with Gasteiger partial charge >= 0.3 is 0 Å². The third-order valence-corrected chi connectivity index (χ3v) is 7.55. The third-order valence-electron chi connectivity index (χ3n) is 7.55. The third kappa shape index (κ3) is 5.03. The molecule has 0 bridgehead atoms. The molecule has 1 saturated carbocycles. The van der Waals surface area contributed by atoms with Crippen molar-refractivity contribution >= 4 is 34.2 Å². The smallest absolute Gasteiger partial charge is 0.259 e. The molecule has 3 amide bonds. The predicted molar refractivity (Wildman–Crippen MR) is 144 cm³/mol. The van der Waals surface area contributed by atoms with E-state index in [2.05, 4.69) is 5.32 Å². The van der Waals surface area contributed by atoms with Crippen LogP contribution < -0.4 is 15.0 Å². The van der Waals surface area contributed by atoms with Crippen molar-refractivity contribution in [1.82, 2.24) is 10.2 Å². The molecule has 1 heterocycles. The fourth-order valence-corrected chi connectivity index (χ4v) is 5.48. The molecular formula is C30H33N3O4. The molecule has 1 N–H and O–H groups in total. The summed E-state index contributed by atoms with van der Waals surface area (Å²) in [5.74, 6) is 0.0374. The number of carbonyl (C=O) groups is 3. The minimum Gasteiger partial charge on any atom is -0.497 e. The highest BCUT2D eigenvalue weighted by Crippen LogP contribution is 2.37. The van der Waals surface area contributed by atoms with E-state index in [4.69, 9.17) is 4.74 Å². The molecule has 0 saturated heterocycles. The van der Waals surface area contributed by atoms with E-state index < -0.39 is 6.04 Å². The van der Waals surface area contributed by atoms with Gasteiger partial charge in [-0.3, -0.25) is 19.3 Å². The first-order chi connectivity index (χ1) is 18.0. The van der Waals surface area contributed by atoms with E-state index in [1.165, 1.54) is 11.3 Å². The Bertz CT molecular complexity index is 1330. The van der Waals surface area contributed by atoms with E-state index in [0.717, 1.165) is 47.7 Å². The summed E-state index contributed by atoms with van der Waals surface area (Å²) in [6, 6.07) is 18.3. The highest BCUT2D eigenvalue weighted by Gasteiger charge is 2.34. The molecule has 5 rings (SSSR count). The van der Waals surface area contributed by atoms with Gasteiger partial charge in [0.2, 0.25) is 11.8 Å². The van der Waals surface area contributed by atoms with Crippen molar-refractivity contribution in [2.75, 3.05) is 18.6 Å². The zero-order valence-corrected chi connectivity index (χ0v) is 21.4. The first-order valence-corrected chi connectivity index (χ1v) is 13.0. The highest BCUT2D eigenvalue weighted by atomic mass is 16.5. The zero-order chi connectivity index (χ0) is 25.9. The fraction of sp³-hybridized carbons (Fsp3) is 0.367. The number of hydrogen-bond donors (Lipinski definition) is 1. The Morgan fingerprint density at radius 3 is 2.54 bits per heavy atom. The van der Waals surface area contributed by atoms with Crippen molar-refractivity contribution in [2.24, 2.45) is 0 Å². The van der Waals surface area contributed by atoms with Crippen molar-refractivity contribution in [3.63, 3.8) is 0 Å². The molecule has 37 heavy (non-hydrogen) atoms. The lowest BCUT2D eigenvalue weighted by Crippen LogP contribution is -2.52. The Kier molecular flexibility index (Phi) is 7.12. The number of nitrogens with zero attached hydrogens (tertiary/aromatic N) is 2. The van der Waals surface area contributed by atoms with Crippen LogP contribution in [0.2, 0.25) is 0 Å². The molecule has 1 atom stereocenters. The second-order valence-electron chi connectivity index (χ2n) is 9.96. The van der Waals surface area contributed by atoms with Gasteiger partial charge in [0.15, 0.2) is 0 Å². The summed E-state index contributed by atoms with van der Waals surface area (Å²) in [5, 5.41) is 4.99. The Hall–Kier alpha value is -3.87. The number of hydrogen-bond acceptors (Lipinski definition) is 4. The number of nitrogens with one attached hydrogen (secondary N) is 1. The maximum atomic E-state index is 13.8. The number of rotatable bonds is 8. The van der Waals surface area contributed by atoms with Crippen LogP contribution in [-0.4, -0.2) is 48.4 Å². The van der Waals surface area contributed by atoms with Gasteiger partial charge in [-0.1, -0.05) is 55.7 Å². The van der Waals surface area contributed by atoms with E-state index in [9.17, 15) is 14.4 Å². The number of ether oxygens (including phenoxy) is 1. The molecule has 0 radical (unpaired) electrons. The maximum absolute atomic E-state index is 13.8. The van der Waals surface area contributed by atoms with E-state index in [1.807, 2.05) is 54.6 Å². The van der Waals surface area contributed by atoms with E-state index >= 15 is 0 Å². The van der Waals surface area contributed by atoms with Crippen molar-refractivity contribution in [2.45, 2.75) is 57.7 Å². The summed E-state index contributed by atoms with van der Waals surface area (Å²) in [6.07, 6.45) is 5.34. The normalized spacial score (nSPS) is 16.1. The summed E-state index contributed by atoms with van der Waals surface area (Å²) in [6.45, 7) is 1.85. The van der Waals surface area contributed by atoms with Crippen LogP contribution in [-0.2, 0) is 16.1 Å². The average molecular weight is 500 g/mol. The van der Waals surface area contributed by atoms with Gasteiger partial charge < -0.3 is 15.0 Å². The summed E-state index contributed by atoms with van der Waals surface area (Å²) >= 11 is 0. The highest BCUT2D eigenvalue weighted by molar-refractivity contribution is 6.26. The zero-order valence-electron chi connectivity index (χ0n) is 21.4. The lowest BCUT2D eigenvalue weighted by Gasteiger charge is -2.32. The summed E-state index contributed by atoms with van der Waals surface area (Å²) < 4.78 is 5.36. The largest absolute Gasteiger partial charge is 0.497 e. The summed E-state index contributed by atoms with van der Waals surface area (Å²) in [5.41, 5.74) is 2.18. The van der Waals surface area contributed by atoms with Crippen LogP contribution in [0.3, 0.4) is 0 Å². The van der Waals surface area contributed by atoms with Gasteiger partial charge in [-0.05, 0) is 55.0 Å². The van der Waals surface area contributed by atoms with Crippen LogP contribution in [0.5, 0.6) is 5.75 Å². The number of anilines is 1. The molecule has 1 fully saturated rings. The monoisotopic (exact) mass is 499 g/mol. The minimum atomic E-state index is -0.698. The van der Waals surface area contributed by atoms with Crippen LogP contribution in [0.15, 0.2) is 60.7 Å². The van der Waals surface area contributed by atoms with Crippen LogP contribution in [0.25, 0.3) is 10.8 Å².